The molecule has 0 atom stereocenters. The Morgan fingerprint density at radius 2 is 1.60 bits per heavy atom. The highest BCUT2D eigenvalue weighted by Crippen LogP contribution is 2.37. The number of aromatic nitrogens is 7. The van der Waals surface area contributed by atoms with Crippen molar-refractivity contribution in [3.8, 4) is 23.0 Å². The molecule has 2 aromatic carbocycles. The van der Waals surface area contributed by atoms with Gasteiger partial charge in [0.15, 0.2) is 5.82 Å². The van der Waals surface area contributed by atoms with Crippen molar-refractivity contribution in [2.45, 2.75) is 108 Å². The fourth-order valence-corrected chi connectivity index (χ4v) is 7.89. The van der Waals surface area contributed by atoms with Crippen LogP contribution in [-0.4, -0.2) is 115 Å². The number of aryl methyl sites for hydroxylation is 2. The van der Waals surface area contributed by atoms with Crippen molar-refractivity contribution in [3.05, 3.63) is 77.3 Å². The van der Waals surface area contributed by atoms with Crippen LogP contribution >= 0.6 is 0 Å². The number of methoxy groups -OCH3 is 1. The van der Waals surface area contributed by atoms with Crippen LogP contribution in [0.1, 0.15) is 102 Å². The molecule has 5 heterocycles. The van der Waals surface area contributed by atoms with Gasteiger partial charge in [-0.25, -0.2) is 19.7 Å². The fourth-order valence-electron chi connectivity index (χ4n) is 7.89. The van der Waals surface area contributed by atoms with Gasteiger partial charge in [-0.1, -0.05) is 39.8 Å². The molecule has 20 heteroatoms. The van der Waals surface area contributed by atoms with Gasteiger partial charge in [-0.15, -0.1) is 0 Å². The van der Waals surface area contributed by atoms with E-state index in [1.54, 1.807) is 34.7 Å². The quantitative estimate of drug-likeness (QED) is 0.0386. The van der Waals surface area contributed by atoms with Gasteiger partial charge in [0.2, 0.25) is 11.9 Å². The van der Waals surface area contributed by atoms with Crippen LogP contribution in [0.4, 0.5) is 10.7 Å². The zero-order valence-corrected chi connectivity index (χ0v) is 44.1. The van der Waals surface area contributed by atoms with Crippen LogP contribution in [0.2, 0.25) is 0 Å². The highest BCUT2D eigenvalue weighted by molar-refractivity contribution is 6.47. The second-order valence-corrected chi connectivity index (χ2v) is 17.1. The first-order valence-corrected chi connectivity index (χ1v) is 24.4. The number of anilines is 1. The Balaban J connectivity index is 0.00000181. The van der Waals surface area contributed by atoms with E-state index in [0.29, 0.717) is 95.4 Å². The van der Waals surface area contributed by atoms with Crippen LogP contribution in [0.5, 0.6) is 11.5 Å². The van der Waals surface area contributed by atoms with E-state index in [0.717, 1.165) is 23.1 Å². The first kappa shape index (κ1) is 57.0. The molecule has 6 aromatic rings. The number of carbonyl (C=O) groups excluding carboxylic acids is 4. The summed E-state index contributed by atoms with van der Waals surface area (Å²) in [5.74, 6) is 0.486. The van der Waals surface area contributed by atoms with Crippen molar-refractivity contribution >= 4 is 68.8 Å². The molecule has 1 saturated heterocycles. The molecule has 1 fully saturated rings. The largest absolute Gasteiger partial charge is 0.494 e. The predicted molar refractivity (Wildman–Crippen MR) is 285 cm³/mol. The zero-order chi connectivity index (χ0) is 53.4. The van der Waals surface area contributed by atoms with Crippen molar-refractivity contribution in [3.63, 3.8) is 0 Å². The molecule has 1 aliphatic heterocycles. The van der Waals surface area contributed by atoms with Crippen molar-refractivity contribution < 1.29 is 33.4 Å². The molecule has 1 aliphatic rings. The topological polar surface area (TPSA) is 268 Å². The van der Waals surface area contributed by atoms with Crippen LogP contribution in [0.15, 0.2) is 65.4 Å². The van der Waals surface area contributed by atoms with Gasteiger partial charge >= 0.3 is 6.09 Å². The molecule has 4 aromatic heterocycles. The van der Waals surface area contributed by atoms with E-state index in [1.165, 1.54) is 26.3 Å². The molecule has 3 amide bonds. The average molecular weight is 992 g/mol. The van der Waals surface area contributed by atoms with Crippen LogP contribution in [0.3, 0.4) is 0 Å². The summed E-state index contributed by atoms with van der Waals surface area (Å²) in [4.78, 5) is 71.4. The number of amides is 3. The summed E-state index contributed by atoms with van der Waals surface area (Å²) in [7, 11) is 2.97. The first-order chi connectivity index (χ1) is 34.5. The van der Waals surface area contributed by atoms with Gasteiger partial charge in [-0.2, -0.15) is 5.10 Å². The lowest BCUT2D eigenvalue weighted by atomic mass is 9.97. The predicted octanol–water partition coefficient (Wildman–Crippen LogP) is 7.83. The summed E-state index contributed by atoms with van der Waals surface area (Å²) in [5, 5.41) is 8.94. The second kappa shape index (κ2) is 26.0. The van der Waals surface area contributed by atoms with Crippen LogP contribution in [-0.2, 0) is 29.2 Å². The van der Waals surface area contributed by atoms with Crippen molar-refractivity contribution in [2.75, 3.05) is 45.7 Å². The van der Waals surface area contributed by atoms with Crippen LogP contribution < -0.4 is 32.0 Å². The smallest absolute Gasteiger partial charge is 0.410 e. The Morgan fingerprint density at radius 1 is 0.917 bits per heavy atom. The summed E-state index contributed by atoms with van der Waals surface area (Å²) < 4.78 is 23.4. The minimum absolute atomic E-state index is 0.118. The van der Waals surface area contributed by atoms with Crippen molar-refractivity contribution in [1.82, 2.24) is 38.8 Å². The Morgan fingerprint density at radius 3 is 2.19 bits per heavy atom. The summed E-state index contributed by atoms with van der Waals surface area (Å²) in [5.41, 5.74) is 20.4. The molecule has 0 spiro atoms. The van der Waals surface area contributed by atoms with Crippen molar-refractivity contribution in [2.24, 2.45) is 28.1 Å². The lowest BCUT2D eigenvalue weighted by molar-refractivity contribution is -0.110. The SMILES string of the molecule is CC.CC.CCN=C(/C=C(/C)N)C(=O)Nc1nc2cc(C(N)=O)cc(OC)c2n1C/C=C/Cn1c2nc(-c3cc(C)nn3CC)ncc2c2cc(C=O)cc(OCCC3CN(C(=O)OC(C)(C)C)C3)c21.CN. The maximum Gasteiger partial charge on any atom is 0.410 e. The maximum atomic E-state index is 13.6. The van der Waals surface area contributed by atoms with E-state index in [9.17, 15) is 19.2 Å². The number of aldehydes is 1. The molecular formula is C52H73N13O7. The van der Waals surface area contributed by atoms with Gasteiger partial charge < -0.3 is 45.4 Å². The third-order valence-electron chi connectivity index (χ3n) is 10.8. The zero-order valence-electron chi connectivity index (χ0n) is 44.1. The number of ether oxygens (including phenoxy) is 3. The highest BCUT2D eigenvalue weighted by atomic mass is 16.6. The number of benzene rings is 2. The standard InChI is InChI=1S/C47H56N12O7.2C2H6.CH5N/c1-9-50-35(17-27(3)48)44(62)54-45-52-34-21-31(41(49)61)22-37(64-8)40(34)58(45)15-12-11-14-57-39-32(33-23-51-42(53-43(33)57)36-18-28(4)55-59(36)10-2)19-30(26-60)20-38(39)65-16-13-29-24-56(25-29)46(63)66-47(5,6)7;3*1-2/h11-12,17-23,26,29H,9-10,13-16,24-25,48H2,1-8H3,(H2,49,61)(H,52,54,62);2*1-2H3;2H2,1H3/b12-11+,27-17-,50-35?;;;. The normalized spacial score (nSPS) is 12.9. The number of primary amides is 1. The molecule has 0 unspecified atom stereocenters. The second-order valence-electron chi connectivity index (χ2n) is 17.1. The molecule has 0 saturated carbocycles. The molecule has 0 aliphatic carbocycles. The number of nitrogens with one attached hydrogen (secondary N) is 1. The van der Waals surface area contributed by atoms with E-state index in [2.05, 4.69) is 21.1 Å². The molecule has 20 nitrogen and oxygen atoms in total. The number of hydrogen-bond donors (Lipinski definition) is 4. The Bertz CT molecular complexity index is 2950. The number of nitrogens with two attached hydrogens (primary N) is 3. The number of hydrogen-bond acceptors (Lipinski definition) is 14. The van der Waals surface area contributed by atoms with Crippen molar-refractivity contribution in [1.29, 1.82) is 0 Å². The molecule has 72 heavy (non-hydrogen) atoms. The maximum absolute atomic E-state index is 13.6. The van der Waals surface area contributed by atoms with Crippen LogP contribution in [0, 0.1) is 12.8 Å². The fraction of sp³-hybridized carbons (Fsp3) is 0.442. The number of nitrogens with zero attached hydrogens (tertiary/aromatic N) is 9. The lowest BCUT2D eigenvalue weighted by Crippen LogP contribution is -2.51. The third kappa shape index (κ3) is 13.4. The summed E-state index contributed by atoms with van der Waals surface area (Å²) in [6, 6.07) is 8.55. The average Bonchev–Trinajstić information content (AvgIpc) is 4.01. The number of imidazole rings is 1. The number of carbonyl (C=O) groups is 4. The minimum atomic E-state index is -0.667. The molecule has 7 N–H and O–H groups in total. The number of likely N-dealkylation sites (tertiary alicyclic amines) is 1. The molecule has 388 valence electrons. The summed E-state index contributed by atoms with van der Waals surface area (Å²) >= 11 is 0. The van der Waals surface area contributed by atoms with E-state index in [1.807, 2.05) is 103 Å². The van der Waals surface area contributed by atoms with E-state index >= 15 is 0 Å². The molecule has 0 radical (unpaired) electrons. The summed E-state index contributed by atoms with van der Waals surface area (Å²) in [6.45, 7) is 23.8. The number of rotatable bonds is 17. The Kier molecular flexibility index (Phi) is 20.6. The van der Waals surface area contributed by atoms with Crippen LogP contribution in [0.25, 0.3) is 44.5 Å². The van der Waals surface area contributed by atoms with Gasteiger partial charge in [0.1, 0.15) is 46.0 Å². The van der Waals surface area contributed by atoms with Gasteiger partial charge in [0.05, 0.1) is 30.4 Å². The van der Waals surface area contributed by atoms with Gasteiger partial charge in [0.25, 0.3) is 5.91 Å². The minimum Gasteiger partial charge on any atom is -0.494 e. The first-order valence-electron chi connectivity index (χ1n) is 24.4. The number of aliphatic imine (C=N–C) groups is 1. The van der Waals surface area contributed by atoms with E-state index < -0.39 is 17.4 Å². The third-order valence-corrected chi connectivity index (χ3v) is 10.8. The van der Waals surface area contributed by atoms with Gasteiger partial charge in [-0.3, -0.25) is 29.4 Å². The van der Waals surface area contributed by atoms with Gasteiger partial charge in [0, 0.05) is 73.1 Å². The Labute approximate surface area is 421 Å². The van der Waals surface area contributed by atoms with E-state index in [-0.39, 0.29) is 42.3 Å². The molecule has 0 bridgehead atoms. The van der Waals surface area contributed by atoms with Gasteiger partial charge in [-0.05, 0) is 104 Å². The monoisotopic (exact) mass is 992 g/mol. The Hall–Kier alpha value is -7.61. The lowest BCUT2D eigenvalue weighted by Gasteiger charge is -2.39. The molecule has 7 rings (SSSR count). The number of allylic oxidation sites excluding steroid dienone is 3. The number of fused-ring (bicyclic) bond motifs is 4. The summed E-state index contributed by atoms with van der Waals surface area (Å²) in [6.07, 6.45) is 8.23. The van der Waals surface area contributed by atoms with E-state index in [4.69, 9.17) is 40.6 Å². The molecular weight excluding hydrogens is 919 g/mol. The highest BCUT2D eigenvalue weighted by Gasteiger charge is 2.33.